The number of ether oxygens (including phenoxy) is 2. The first-order valence-electron chi connectivity index (χ1n) is 6.24. The number of carbonyl (C=O) groups is 1. The van der Waals surface area contributed by atoms with E-state index < -0.39 is 11.5 Å². The van der Waals surface area contributed by atoms with E-state index in [0.29, 0.717) is 30.8 Å². The number of aliphatic hydroxyl groups excluding tert-OH is 1. The maximum Gasteiger partial charge on any atom is 0.315 e. The van der Waals surface area contributed by atoms with Crippen LogP contribution in [0.1, 0.15) is 24.5 Å². The van der Waals surface area contributed by atoms with Crippen LogP contribution in [0.5, 0.6) is 5.75 Å². The molecule has 1 fully saturated rings. The molecule has 2 rings (SSSR count). The Morgan fingerprint density at radius 1 is 1.53 bits per heavy atom. The molecule has 0 aliphatic carbocycles. The van der Waals surface area contributed by atoms with E-state index >= 15 is 0 Å². The van der Waals surface area contributed by atoms with Gasteiger partial charge in [-0.25, -0.2) is 0 Å². The lowest BCUT2D eigenvalue weighted by atomic mass is 9.75. The fourth-order valence-corrected chi connectivity index (χ4v) is 2.48. The summed E-state index contributed by atoms with van der Waals surface area (Å²) in [6.07, 6.45) is 1.66. The van der Waals surface area contributed by atoms with Crippen molar-refractivity contribution >= 4 is 5.97 Å². The molecule has 19 heavy (non-hydrogen) atoms. The Balaban J connectivity index is 2.30. The van der Waals surface area contributed by atoms with Crippen LogP contribution in [-0.4, -0.2) is 24.8 Å². The SMILES string of the molecule is C=CC[C@]1([C@H](O)c2ccc(OC)cc2)CCOC1=O. The molecular weight excluding hydrogens is 244 g/mol. The minimum atomic E-state index is -0.906. The minimum absolute atomic E-state index is 0.347. The summed E-state index contributed by atoms with van der Waals surface area (Å²) in [5.41, 5.74) is -0.224. The van der Waals surface area contributed by atoms with Crippen LogP contribution >= 0.6 is 0 Å². The smallest absolute Gasteiger partial charge is 0.315 e. The van der Waals surface area contributed by atoms with Gasteiger partial charge in [-0.05, 0) is 24.1 Å². The quantitative estimate of drug-likeness (QED) is 0.653. The van der Waals surface area contributed by atoms with E-state index in [9.17, 15) is 9.90 Å². The topological polar surface area (TPSA) is 55.8 Å². The number of hydrogen-bond acceptors (Lipinski definition) is 4. The van der Waals surface area contributed by atoms with Crippen LogP contribution in [0.2, 0.25) is 0 Å². The highest BCUT2D eigenvalue weighted by Gasteiger charge is 2.49. The summed E-state index contributed by atoms with van der Waals surface area (Å²) < 4.78 is 10.1. The molecule has 102 valence electrons. The molecule has 1 heterocycles. The van der Waals surface area contributed by atoms with Gasteiger partial charge in [0.1, 0.15) is 11.2 Å². The highest BCUT2D eigenvalue weighted by molar-refractivity contribution is 5.80. The van der Waals surface area contributed by atoms with Crippen molar-refractivity contribution in [1.82, 2.24) is 0 Å². The second-order valence-electron chi connectivity index (χ2n) is 4.71. The average molecular weight is 262 g/mol. The van der Waals surface area contributed by atoms with E-state index in [4.69, 9.17) is 9.47 Å². The second-order valence-corrected chi connectivity index (χ2v) is 4.71. The van der Waals surface area contributed by atoms with Crippen LogP contribution in [-0.2, 0) is 9.53 Å². The molecule has 0 unspecified atom stereocenters. The molecule has 1 aliphatic heterocycles. The van der Waals surface area contributed by atoms with Gasteiger partial charge in [0.2, 0.25) is 0 Å². The second kappa shape index (κ2) is 5.45. The minimum Gasteiger partial charge on any atom is -0.497 e. The summed E-state index contributed by atoms with van der Waals surface area (Å²) in [5.74, 6) is 0.360. The molecule has 1 aromatic rings. The van der Waals surface area contributed by atoms with Crippen molar-refractivity contribution in [3.63, 3.8) is 0 Å². The summed E-state index contributed by atoms with van der Waals surface area (Å²) in [4.78, 5) is 12.0. The van der Waals surface area contributed by atoms with Crippen molar-refractivity contribution in [2.45, 2.75) is 18.9 Å². The molecule has 0 amide bonds. The lowest BCUT2D eigenvalue weighted by molar-refractivity contribution is -0.152. The van der Waals surface area contributed by atoms with Crippen molar-refractivity contribution in [3.8, 4) is 5.75 Å². The summed E-state index contributed by atoms with van der Waals surface area (Å²) >= 11 is 0. The first kappa shape index (κ1) is 13.6. The van der Waals surface area contributed by atoms with Crippen LogP contribution in [0.15, 0.2) is 36.9 Å². The first-order valence-corrected chi connectivity index (χ1v) is 6.24. The molecule has 1 saturated heterocycles. The van der Waals surface area contributed by atoms with Crippen LogP contribution in [0, 0.1) is 5.41 Å². The van der Waals surface area contributed by atoms with E-state index in [-0.39, 0.29) is 5.97 Å². The van der Waals surface area contributed by atoms with Crippen LogP contribution in [0.4, 0.5) is 0 Å². The monoisotopic (exact) mass is 262 g/mol. The maximum atomic E-state index is 12.0. The third-order valence-electron chi connectivity index (χ3n) is 3.65. The number of hydrogen-bond donors (Lipinski definition) is 1. The molecule has 0 radical (unpaired) electrons. The lowest BCUT2D eigenvalue weighted by Gasteiger charge is -2.29. The van der Waals surface area contributed by atoms with E-state index in [1.807, 2.05) is 0 Å². The third-order valence-corrected chi connectivity index (χ3v) is 3.65. The summed E-state index contributed by atoms with van der Waals surface area (Å²) in [5, 5.41) is 10.5. The predicted molar refractivity (Wildman–Crippen MR) is 70.8 cm³/mol. The lowest BCUT2D eigenvalue weighted by Crippen LogP contribution is -2.33. The first-order chi connectivity index (χ1) is 9.14. The largest absolute Gasteiger partial charge is 0.497 e. The van der Waals surface area contributed by atoms with Gasteiger partial charge in [0.15, 0.2) is 0 Å². The average Bonchev–Trinajstić information content (AvgIpc) is 2.81. The molecule has 0 aromatic heterocycles. The molecule has 0 saturated carbocycles. The van der Waals surface area contributed by atoms with Gasteiger partial charge in [0.05, 0.1) is 19.8 Å². The van der Waals surface area contributed by atoms with E-state index in [1.54, 1.807) is 37.5 Å². The van der Waals surface area contributed by atoms with E-state index in [0.717, 1.165) is 0 Å². The number of rotatable bonds is 5. The van der Waals surface area contributed by atoms with Crippen LogP contribution in [0.25, 0.3) is 0 Å². The Hall–Kier alpha value is -1.81. The fraction of sp³-hybridized carbons (Fsp3) is 0.400. The number of methoxy groups -OCH3 is 1. The van der Waals surface area contributed by atoms with Gasteiger partial charge in [0.25, 0.3) is 0 Å². The van der Waals surface area contributed by atoms with Crippen molar-refractivity contribution < 1.29 is 19.4 Å². The Labute approximate surface area is 112 Å². The van der Waals surface area contributed by atoms with Crippen molar-refractivity contribution in [1.29, 1.82) is 0 Å². The van der Waals surface area contributed by atoms with Crippen molar-refractivity contribution in [3.05, 3.63) is 42.5 Å². The van der Waals surface area contributed by atoms with Gasteiger partial charge >= 0.3 is 5.97 Å². The number of benzene rings is 1. The number of cyclic esters (lactones) is 1. The molecule has 1 aromatic carbocycles. The number of aliphatic hydroxyl groups is 1. The Morgan fingerprint density at radius 3 is 2.68 bits per heavy atom. The Morgan fingerprint density at radius 2 is 2.21 bits per heavy atom. The highest BCUT2D eigenvalue weighted by Crippen LogP contribution is 2.45. The molecule has 1 N–H and O–H groups in total. The fourth-order valence-electron chi connectivity index (χ4n) is 2.48. The Kier molecular flexibility index (Phi) is 3.90. The zero-order valence-electron chi connectivity index (χ0n) is 11.0. The van der Waals surface area contributed by atoms with Crippen LogP contribution in [0.3, 0.4) is 0 Å². The number of carbonyl (C=O) groups excluding carboxylic acids is 1. The highest BCUT2D eigenvalue weighted by atomic mass is 16.5. The molecule has 4 heteroatoms. The van der Waals surface area contributed by atoms with Gasteiger partial charge in [0, 0.05) is 6.42 Å². The molecule has 0 spiro atoms. The Bertz CT molecular complexity index is 466. The zero-order chi connectivity index (χ0) is 13.9. The predicted octanol–water partition coefficient (Wildman–Crippen LogP) is 2.24. The standard InChI is InChI=1S/C15H18O4/c1-3-8-15(9-10-19-14(15)17)13(16)11-4-6-12(18-2)7-5-11/h3-7,13,16H,1,8-10H2,2H3/t13-,15-/m1/s1. The van der Waals surface area contributed by atoms with E-state index in [2.05, 4.69) is 6.58 Å². The molecular formula is C15H18O4. The van der Waals surface area contributed by atoms with Gasteiger partial charge in [-0.1, -0.05) is 18.2 Å². The zero-order valence-corrected chi connectivity index (χ0v) is 11.0. The van der Waals surface area contributed by atoms with Gasteiger partial charge in [-0.3, -0.25) is 4.79 Å². The van der Waals surface area contributed by atoms with Gasteiger partial charge < -0.3 is 14.6 Å². The maximum absolute atomic E-state index is 12.0. The van der Waals surface area contributed by atoms with Crippen molar-refractivity contribution in [2.24, 2.45) is 5.41 Å². The van der Waals surface area contributed by atoms with E-state index in [1.165, 1.54) is 0 Å². The van der Waals surface area contributed by atoms with Gasteiger partial charge in [-0.15, -0.1) is 6.58 Å². The molecule has 2 atom stereocenters. The summed E-state index contributed by atoms with van der Waals surface area (Å²) in [7, 11) is 1.58. The number of allylic oxidation sites excluding steroid dienone is 1. The molecule has 4 nitrogen and oxygen atoms in total. The summed E-state index contributed by atoms with van der Waals surface area (Å²) in [6, 6.07) is 7.06. The van der Waals surface area contributed by atoms with Crippen molar-refractivity contribution in [2.75, 3.05) is 13.7 Å². The molecule has 0 bridgehead atoms. The third kappa shape index (κ3) is 2.36. The number of esters is 1. The summed E-state index contributed by atoms with van der Waals surface area (Å²) in [6.45, 7) is 4.02. The normalized spacial score (nSPS) is 23.8. The van der Waals surface area contributed by atoms with Crippen LogP contribution < -0.4 is 4.74 Å². The molecule has 1 aliphatic rings. The van der Waals surface area contributed by atoms with Gasteiger partial charge in [-0.2, -0.15) is 0 Å².